The molecule has 10 heteroatoms. The lowest BCUT2D eigenvalue weighted by Gasteiger charge is -2.16. The zero-order valence-corrected chi connectivity index (χ0v) is 11.9. The van der Waals surface area contributed by atoms with Crippen molar-refractivity contribution in [3.63, 3.8) is 0 Å². The van der Waals surface area contributed by atoms with E-state index in [-0.39, 0.29) is 12.0 Å². The number of nitrogens with two attached hydrogens (primary N) is 1. The molecule has 2 aromatic heterocycles. The van der Waals surface area contributed by atoms with Crippen molar-refractivity contribution in [1.29, 1.82) is 0 Å². The van der Waals surface area contributed by atoms with Crippen molar-refractivity contribution < 1.29 is 0 Å². The van der Waals surface area contributed by atoms with E-state index in [9.17, 15) is 0 Å². The highest BCUT2D eigenvalue weighted by Crippen LogP contribution is 2.16. The van der Waals surface area contributed by atoms with Crippen LogP contribution >= 0.6 is 0 Å². The fourth-order valence-corrected chi connectivity index (χ4v) is 1.64. The van der Waals surface area contributed by atoms with E-state index in [0.717, 1.165) is 5.82 Å². The molecule has 0 aliphatic heterocycles. The molecular weight excluding hydrogens is 260 g/mol. The van der Waals surface area contributed by atoms with Gasteiger partial charge in [0.15, 0.2) is 5.82 Å². The van der Waals surface area contributed by atoms with E-state index in [1.807, 2.05) is 32.6 Å². The minimum absolute atomic E-state index is 0.106. The van der Waals surface area contributed by atoms with Crippen molar-refractivity contribution in [2.24, 2.45) is 12.9 Å². The molecule has 0 fully saturated rings. The summed E-state index contributed by atoms with van der Waals surface area (Å²) in [6, 6.07) is -0.106. The van der Waals surface area contributed by atoms with Gasteiger partial charge in [0, 0.05) is 21.1 Å². The van der Waals surface area contributed by atoms with Gasteiger partial charge in [0.05, 0.1) is 6.04 Å². The van der Waals surface area contributed by atoms with Gasteiger partial charge < -0.3 is 14.8 Å². The van der Waals surface area contributed by atoms with Crippen LogP contribution in [-0.4, -0.2) is 43.8 Å². The number of nitrogen functional groups attached to an aromatic ring is 1. The first-order valence-corrected chi connectivity index (χ1v) is 6.01. The Hall–Kier alpha value is -2.49. The van der Waals surface area contributed by atoms with Crippen LogP contribution in [0.4, 0.5) is 17.8 Å². The molecule has 4 N–H and O–H groups in total. The van der Waals surface area contributed by atoms with Crippen LogP contribution in [0, 0.1) is 0 Å². The van der Waals surface area contributed by atoms with Gasteiger partial charge in [-0.2, -0.15) is 15.0 Å². The zero-order valence-electron chi connectivity index (χ0n) is 11.9. The smallest absolute Gasteiger partial charge is 0.243 e. The second-order valence-corrected chi connectivity index (χ2v) is 4.49. The van der Waals surface area contributed by atoms with E-state index >= 15 is 0 Å². The average Bonchev–Trinajstić information content (AvgIpc) is 2.84. The number of aryl methyl sites for hydroxylation is 1. The first-order valence-electron chi connectivity index (χ1n) is 6.01. The number of hydrogen-bond acceptors (Lipinski definition) is 9. The largest absolute Gasteiger partial charge is 0.347 e. The molecule has 0 bridgehead atoms. The number of hydrazine groups is 1. The van der Waals surface area contributed by atoms with E-state index in [1.165, 1.54) is 0 Å². The molecule has 2 rings (SSSR count). The van der Waals surface area contributed by atoms with E-state index in [0.29, 0.717) is 11.9 Å². The van der Waals surface area contributed by atoms with Crippen molar-refractivity contribution >= 4 is 17.8 Å². The third-order valence-corrected chi connectivity index (χ3v) is 2.63. The molecule has 2 heterocycles. The lowest BCUT2D eigenvalue weighted by molar-refractivity contribution is 0.711. The Bertz CT molecular complexity index is 577. The Kier molecular flexibility index (Phi) is 3.94. The third-order valence-electron chi connectivity index (χ3n) is 2.63. The molecule has 10 nitrogen and oxygen atoms in total. The lowest BCUT2D eigenvalue weighted by atomic mass is 10.3. The number of aromatic nitrogens is 6. The SMILES string of the molecule is CC(Nc1nc(NN)nc(N(C)C)n1)c1nncn1C. The van der Waals surface area contributed by atoms with Gasteiger partial charge in [0.1, 0.15) is 6.33 Å². The first kappa shape index (κ1) is 13.9. The van der Waals surface area contributed by atoms with Crippen molar-refractivity contribution in [3.05, 3.63) is 12.2 Å². The van der Waals surface area contributed by atoms with Crippen molar-refractivity contribution in [1.82, 2.24) is 29.7 Å². The molecular formula is C10H18N10. The summed E-state index contributed by atoms with van der Waals surface area (Å²) in [5.41, 5.74) is 2.42. The summed E-state index contributed by atoms with van der Waals surface area (Å²) in [5, 5.41) is 11.0. The zero-order chi connectivity index (χ0) is 14.7. The molecule has 0 aliphatic rings. The number of rotatable bonds is 5. The molecule has 0 aliphatic carbocycles. The summed E-state index contributed by atoms with van der Waals surface area (Å²) in [7, 11) is 5.55. The summed E-state index contributed by atoms with van der Waals surface area (Å²) in [6.07, 6.45) is 1.64. The van der Waals surface area contributed by atoms with Gasteiger partial charge in [-0.15, -0.1) is 10.2 Å². The Labute approximate surface area is 116 Å². The fraction of sp³-hybridized carbons (Fsp3) is 0.500. The number of hydrogen-bond donors (Lipinski definition) is 3. The van der Waals surface area contributed by atoms with Gasteiger partial charge in [-0.05, 0) is 6.92 Å². The predicted octanol–water partition coefficient (Wildman–Crippen LogP) is -0.475. The Morgan fingerprint density at radius 1 is 1.25 bits per heavy atom. The Morgan fingerprint density at radius 3 is 2.50 bits per heavy atom. The monoisotopic (exact) mass is 278 g/mol. The second kappa shape index (κ2) is 5.65. The van der Waals surface area contributed by atoms with Crippen molar-refractivity contribution in [2.45, 2.75) is 13.0 Å². The summed E-state index contributed by atoms with van der Waals surface area (Å²) < 4.78 is 1.83. The normalized spacial score (nSPS) is 12.1. The molecule has 108 valence electrons. The second-order valence-electron chi connectivity index (χ2n) is 4.49. The molecule has 2 aromatic rings. The maximum absolute atomic E-state index is 5.36. The van der Waals surface area contributed by atoms with Gasteiger partial charge in [-0.25, -0.2) is 5.84 Å². The molecule has 0 amide bonds. The van der Waals surface area contributed by atoms with Gasteiger partial charge >= 0.3 is 0 Å². The number of nitrogens with one attached hydrogen (secondary N) is 2. The molecule has 1 unspecified atom stereocenters. The molecule has 0 radical (unpaired) electrons. The van der Waals surface area contributed by atoms with Crippen LogP contribution in [0.3, 0.4) is 0 Å². The summed E-state index contributed by atoms with van der Waals surface area (Å²) in [6.45, 7) is 1.94. The van der Waals surface area contributed by atoms with E-state index in [2.05, 4.69) is 35.9 Å². The van der Waals surface area contributed by atoms with Crippen LogP contribution in [-0.2, 0) is 7.05 Å². The summed E-state index contributed by atoms with van der Waals surface area (Å²) >= 11 is 0. The average molecular weight is 278 g/mol. The van der Waals surface area contributed by atoms with Crippen LogP contribution in [0.25, 0.3) is 0 Å². The molecule has 0 aromatic carbocycles. The van der Waals surface area contributed by atoms with E-state index < -0.39 is 0 Å². The first-order chi connectivity index (χ1) is 9.51. The van der Waals surface area contributed by atoms with Crippen LogP contribution in [0.2, 0.25) is 0 Å². The van der Waals surface area contributed by atoms with Gasteiger partial charge in [-0.1, -0.05) is 0 Å². The highest BCUT2D eigenvalue weighted by Gasteiger charge is 2.14. The highest BCUT2D eigenvalue weighted by molar-refractivity contribution is 5.43. The van der Waals surface area contributed by atoms with Crippen LogP contribution < -0.4 is 21.5 Å². The van der Waals surface area contributed by atoms with Crippen LogP contribution in [0.1, 0.15) is 18.8 Å². The molecule has 20 heavy (non-hydrogen) atoms. The standard InChI is InChI=1S/C10H18N10/c1-6(7-18-12-5-20(7)4)13-8-14-9(17-11)16-10(15-8)19(2)3/h5-6H,11H2,1-4H3,(H2,13,14,15,16,17). The van der Waals surface area contributed by atoms with Crippen molar-refractivity contribution in [2.75, 3.05) is 29.7 Å². The van der Waals surface area contributed by atoms with Crippen LogP contribution in [0.5, 0.6) is 0 Å². The van der Waals surface area contributed by atoms with E-state index in [1.54, 1.807) is 11.2 Å². The predicted molar refractivity (Wildman–Crippen MR) is 75.0 cm³/mol. The third kappa shape index (κ3) is 2.91. The topological polar surface area (TPSA) is 123 Å². The van der Waals surface area contributed by atoms with Gasteiger partial charge in [-0.3, -0.25) is 5.43 Å². The summed E-state index contributed by atoms with van der Waals surface area (Å²) in [5.74, 6) is 7.34. The molecule has 0 spiro atoms. The number of nitrogens with zero attached hydrogens (tertiary/aromatic N) is 7. The molecule has 1 atom stereocenters. The van der Waals surface area contributed by atoms with E-state index in [4.69, 9.17) is 5.84 Å². The van der Waals surface area contributed by atoms with Crippen molar-refractivity contribution in [3.8, 4) is 0 Å². The minimum atomic E-state index is -0.106. The summed E-state index contributed by atoms with van der Waals surface area (Å²) in [4.78, 5) is 14.4. The Morgan fingerprint density at radius 2 is 1.95 bits per heavy atom. The number of anilines is 3. The fourth-order valence-electron chi connectivity index (χ4n) is 1.64. The van der Waals surface area contributed by atoms with Gasteiger partial charge in [0.2, 0.25) is 17.8 Å². The quantitative estimate of drug-likeness (QED) is 0.491. The molecule has 0 saturated carbocycles. The highest BCUT2D eigenvalue weighted by atomic mass is 15.4. The Balaban J connectivity index is 2.24. The maximum atomic E-state index is 5.36. The van der Waals surface area contributed by atoms with Crippen LogP contribution in [0.15, 0.2) is 6.33 Å². The maximum Gasteiger partial charge on any atom is 0.243 e. The van der Waals surface area contributed by atoms with Gasteiger partial charge in [0.25, 0.3) is 0 Å². The lowest BCUT2D eigenvalue weighted by Crippen LogP contribution is -2.20. The minimum Gasteiger partial charge on any atom is -0.347 e. The molecule has 0 saturated heterocycles.